The Morgan fingerprint density at radius 1 is 1.40 bits per heavy atom. The van der Waals surface area contributed by atoms with Gasteiger partial charge in [-0.15, -0.1) is 12.3 Å². The number of hydrogen-bond donors (Lipinski definition) is 0. The predicted octanol–water partition coefficient (Wildman–Crippen LogP) is 3.52. The zero-order valence-electron chi connectivity index (χ0n) is 9.71. The Hall–Kier alpha value is -1.42. The Balaban J connectivity index is 2.70. The largest absolute Gasteiger partial charge is 0.493 e. The van der Waals surface area contributed by atoms with Crippen molar-refractivity contribution in [1.29, 1.82) is 0 Å². The van der Waals surface area contributed by atoms with Crippen LogP contribution in [0.1, 0.15) is 37.3 Å². The molecule has 0 heterocycles. The van der Waals surface area contributed by atoms with Gasteiger partial charge in [0, 0.05) is 6.42 Å². The van der Waals surface area contributed by atoms with Crippen LogP contribution >= 0.6 is 0 Å². The van der Waals surface area contributed by atoms with Crippen LogP contribution in [0, 0.1) is 19.3 Å². The van der Waals surface area contributed by atoms with E-state index in [1.54, 1.807) is 0 Å². The smallest absolute Gasteiger partial charge is 0.119 e. The lowest BCUT2D eigenvalue weighted by Crippen LogP contribution is -1.98. The second kappa shape index (κ2) is 5.46. The van der Waals surface area contributed by atoms with Gasteiger partial charge in [0.25, 0.3) is 0 Å². The molecular formula is C14H18O. The SMILES string of the molecule is C#CCCOc1ccc(C(C)C)c(C)c1. The van der Waals surface area contributed by atoms with Crippen molar-refractivity contribution < 1.29 is 4.74 Å². The molecule has 0 bridgehead atoms. The fourth-order valence-electron chi connectivity index (χ4n) is 1.61. The maximum atomic E-state index is 5.52. The van der Waals surface area contributed by atoms with Crippen LogP contribution in [-0.2, 0) is 0 Å². The Bertz CT molecular complexity index is 358. The first kappa shape index (κ1) is 11.7. The Labute approximate surface area is 92.5 Å². The van der Waals surface area contributed by atoms with Gasteiger partial charge >= 0.3 is 0 Å². The molecule has 1 aromatic carbocycles. The molecule has 0 aliphatic carbocycles. The van der Waals surface area contributed by atoms with Gasteiger partial charge in [0.1, 0.15) is 5.75 Å². The van der Waals surface area contributed by atoms with E-state index in [4.69, 9.17) is 11.2 Å². The molecule has 0 fully saturated rings. The quantitative estimate of drug-likeness (QED) is 0.536. The Morgan fingerprint density at radius 3 is 2.67 bits per heavy atom. The summed E-state index contributed by atoms with van der Waals surface area (Å²) in [5, 5.41) is 0. The van der Waals surface area contributed by atoms with E-state index in [1.165, 1.54) is 11.1 Å². The fourth-order valence-corrected chi connectivity index (χ4v) is 1.61. The van der Waals surface area contributed by atoms with Crippen LogP contribution in [-0.4, -0.2) is 6.61 Å². The number of rotatable bonds is 4. The van der Waals surface area contributed by atoms with E-state index in [9.17, 15) is 0 Å². The molecular weight excluding hydrogens is 184 g/mol. The molecule has 1 heteroatoms. The van der Waals surface area contributed by atoms with Gasteiger partial charge < -0.3 is 4.74 Å². The van der Waals surface area contributed by atoms with Gasteiger partial charge in [0.15, 0.2) is 0 Å². The van der Waals surface area contributed by atoms with Crippen molar-refractivity contribution >= 4 is 0 Å². The Kier molecular flexibility index (Phi) is 4.24. The molecule has 1 rings (SSSR count). The van der Waals surface area contributed by atoms with Gasteiger partial charge in [-0.1, -0.05) is 19.9 Å². The van der Waals surface area contributed by atoms with Gasteiger partial charge in [-0.05, 0) is 36.1 Å². The summed E-state index contributed by atoms with van der Waals surface area (Å²) in [5.41, 5.74) is 2.66. The molecule has 0 aromatic heterocycles. The summed E-state index contributed by atoms with van der Waals surface area (Å²) in [6, 6.07) is 6.22. The number of hydrogen-bond acceptors (Lipinski definition) is 1. The zero-order chi connectivity index (χ0) is 11.3. The van der Waals surface area contributed by atoms with E-state index >= 15 is 0 Å². The van der Waals surface area contributed by atoms with E-state index in [0.29, 0.717) is 18.9 Å². The van der Waals surface area contributed by atoms with Crippen molar-refractivity contribution in [3.05, 3.63) is 29.3 Å². The van der Waals surface area contributed by atoms with Crippen molar-refractivity contribution in [3.8, 4) is 18.1 Å². The van der Waals surface area contributed by atoms with E-state index in [-0.39, 0.29) is 0 Å². The maximum Gasteiger partial charge on any atom is 0.119 e. The highest BCUT2D eigenvalue weighted by Gasteiger charge is 2.04. The summed E-state index contributed by atoms with van der Waals surface area (Å²) in [7, 11) is 0. The van der Waals surface area contributed by atoms with Crippen LogP contribution in [0.4, 0.5) is 0 Å². The molecule has 0 atom stereocenters. The lowest BCUT2D eigenvalue weighted by molar-refractivity contribution is 0.327. The number of benzene rings is 1. The maximum absolute atomic E-state index is 5.52. The summed E-state index contributed by atoms with van der Waals surface area (Å²) in [5.74, 6) is 4.03. The first-order valence-electron chi connectivity index (χ1n) is 5.32. The van der Waals surface area contributed by atoms with Crippen LogP contribution in [0.5, 0.6) is 5.75 Å². The average Bonchev–Trinajstić information content (AvgIpc) is 2.17. The number of terminal acetylenes is 1. The number of ether oxygens (including phenoxy) is 1. The third kappa shape index (κ3) is 3.32. The molecule has 0 saturated heterocycles. The molecule has 0 aliphatic heterocycles. The van der Waals surface area contributed by atoms with Gasteiger partial charge in [-0.3, -0.25) is 0 Å². The monoisotopic (exact) mass is 202 g/mol. The predicted molar refractivity (Wildman–Crippen MR) is 64.2 cm³/mol. The summed E-state index contributed by atoms with van der Waals surface area (Å²) >= 11 is 0. The first-order chi connectivity index (χ1) is 7.15. The fraction of sp³-hybridized carbons (Fsp3) is 0.429. The minimum absolute atomic E-state index is 0.560. The third-order valence-electron chi connectivity index (χ3n) is 2.38. The van der Waals surface area contributed by atoms with Crippen molar-refractivity contribution in [2.24, 2.45) is 0 Å². The minimum atomic E-state index is 0.560. The minimum Gasteiger partial charge on any atom is -0.493 e. The molecule has 0 aliphatic rings. The second-order valence-electron chi connectivity index (χ2n) is 3.98. The molecule has 0 N–H and O–H groups in total. The highest BCUT2D eigenvalue weighted by molar-refractivity contribution is 5.36. The third-order valence-corrected chi connectivity index (χ3v) is 2.38. The van der Waals surface area contributed by atoms with Crippen LogP contribution in [0.15, 0.2) is 18.2 Å². The lowest BCUT2D eigenvalue weighted by Gasteiger charge is -2.11. The van der Waals surface area contributed by atoms with Gasteiger partial charge in [-0.2, -0.15) is 0 Å². The van der Waals surface area contributed by atoms with Crippen LogP contribution in [0.25, 0.3) is 0 Å². The lowest BCUT2D eigenvalue weighted by atomic mass is 9.98. The van der Waals surface area contributed by atoms with E-state index < -0.39 is 0 Å². The van der Waals surface area contributed by atoms with E-state index in [0.717, 1.165) is 5.75 Å². The second-order valence-corrected chi connectivity index (χ2v) is 3.98. The van der Waals surface area contributed by atoms with Crippen LogP contribution in [0.2, 0.25) is 0 Å². The summed E-state index contributed by atoms with van der Waals surface area (Å²) in [6.07, 6.45) is 5.81. The summed E-state index contributed by atoms with van der Waals surface area (Å²) in [6.45, 7) is 7.10. The van der Waals surface area contributed by atoms with Crippen LogP contribution in [0.3, 0.4) is 0 Å². The number of aryl methyl sites for hydroxylation is 1. The van der Waals surface area contributed by atoms with Crippen molar-refractivity contribution in [3.63, 3.8) is 0 Å². The molecule has 0 amide bonds. The molecule has 0 unspecified atom stereocenters. The van der Waals surface area contributed by atoms with Crippen LogP contribution < -0.4 is 4.74 Å². The molecule has 15 heavy (non-hydrogen) atoms. The highest BCUT2D eigenvalue weighted by atomic mass is 16.5. The standard InChI is InChI=1S/C14H18O/c1-5-6-9-15-13-7-8-14(11(2)3)12(4)10-13/h1,7-8,10-11H,6,9H2,2-4H3. The van der Waals surface area contributed by atoms with E-state index in [2.05, 4.69) is 38.8 Å². The zero-order valence-corrected chi connectivity index (χ0v) is 9.71. The normalized spacial score (nSPS) is 10.1. The Morgan fingerprint density at radius 2 is 2.13 bits per heavy atom. The van der Waals surface area contributed by atoms with Gasteiger partial charge in [0.2, 0.25) is 0 Å². The molecule has 1 nitrogen and oxygen atoms in total. The molecule has 0 radical (unpaired) electrons. The summed E-state index contributed by atoms with van der Waals surface area (Å²) < 4.78 is 5.52. The summed E-state index contributed by atoms with van der Waals surface area (Å²) in [4.78, 5) is 0. The van der Waals surface area contributed by atoms with E-state index in [1.807, 2.05) is 6.07 Å². The van der Waals surface area contributed by atoms with Crippen molar-refractivity contribution in [1.82, 2.24) is 0 Å². The topological polar surface area (TPSA) is 9.23 Å². The molecule has 0 spiro atoms. The molecule has 0 saturated carbocycles. The van der Waals surface area contributed by atoms with Crippen molar-refractivity contribution in [2.45, 2.75) is 33.1 Å². The molecule has 1 aromatic rings. The first-order valence-corrected chi connectivity index (χ1v) is 5.32. The van der Waals surface area contributed by atoms with Crippen molar-refractivity contribution in [2.75, 3.05) is 6.61 Å². The highest BCUT2D eigenvalue weighted by Crippen LogP contribution is 2.23. The van der Waals surface area contributed by atoms with Gasteiger partial charge in [0.05, 0.1) is 6.61 Å². The average molecular weight is 202 g/mol. The molecule has 80 valence electrons. The van der Waals surface area contributed by atoms with Gasteiger partial charge in [-0.25, -0.2) is 0 Å².